The van der Waals surface area contributed by atoms with Crippen LogP contribution in [0, 0.1) is 0 Å². The van der Waals surface area contributed by atoms with Crippen molar-refractivity contribution >= 4 is 19.8 Å². The van der Waals surface area contributed by atoms with E-state index < -0.39 is 75.7 Å². The average Bonchev–Trinajstić information content (AvgIpc) is 3.15. The molecule has 1 saturated carbocycles. The van der Waals surface area contributed by atoms with E-state index in [0.29, 0.717) is 12.8 Å². The zero-order valence-electron chi connectivity index (χ0n) is 33.3. The quantitative estimate of drug-likeness (QED) is 0.0166. The molecule has 14 heteroatoms. The SMILES string of the molecule is CCCCCCC/C=C/CCCCCCCC(=O)OC[C@H](COP(=O)(O)OC1C(O)C(O)C(O)[C@@H](O)C1O)OC(=O)CCCCCCCCCCCCC. The van der Waals surface area contributed by atoms with Crippen LogP contribution in [0.5, 0.6) is 0 Å². The van der Waals surface area contributed by atoms with Crippen LogP contribution in [0.1, 0.15) is 174 Å². The molecular formula is C40H75O13P. The van der Waals surface area contributed by atoms with Crippen molar-refractivity contribution in [3.63, 3.8) is 0 Å². The predicted octanol–water partition coefficient (Wildman–Crippen LogP) is 7.11. The van der Waals surface area contributed by atoms with Crippen LogP contribution < -0.4 is 0 Å². The largest absolute Gasteiger partial charge is 0.472 e. The minimum absolute atomic E-state index is 0.0994. The van der Waals surface area contributed by atoms with Gasteiger partial charge < -0.3 is 39.9 Å². The highest BCUT2D eigenvalue weighted by molar-refractivity contribution is 7.47. The molecule has 0 saturated heterocycles. The third-order valence-corrected chi connectivity index (χ3v) is 10.8. The van der Waals surface area contributed by atoms with Crippen molar-refractivity contribution in [1.82, 2.24) is 0 Å². The summed E-state index contributed by atoms with van der Waals surface area (Å²) in [6.07, 6.45) is 17.1. The highest BCUT2D eigenvalue weighted by Crippen LogP contribution is 2.47. The van der Waals surface area contributed by atoms with Gasteiger partial charge in [-0.15, -0.1) is 0 Å². The van der Waals surface area contributed by atoms with Crippen LogP contribution in [0.3, 0.4) is 0 Å². The molecule has 0 heterocycles. The molecule has 6 unspecified atom stereocenters. The van der Waals surface area contributed by atoms with Gasteiger partial charge in [0.15, 0.2) is 6.10 Å². The first kappa shape index (κ1) is 50.6. The molecule has 1 aliphatic carbocycles. The number of carbonyl (C=O) groups excluding carboxylic acids is 2. The molecule has 1 fully saturated rings. The number of phosphoric acid groups is 1. The summed E-state index contributed by atoms with van der Waals surface area (Å²) >= 11 is 0. The standard InChI is InChI=1S/C40H75O13P/c1-3-5-7-9-11-13-15-16-17-19-20-22-24-26-28-33(41)50-30-32(52-34(42)29-27-25-23-21-18-14-12-10-8-6-4-2)31-51-54(48,49)53-40-38(46)36(44)35(43)37(45)39(40)47/h15-16,32,35-40,43-47H,3-14,17-31H2,1-2H3,(H,48,49)/b16-15+/t32-,35?,36-,37?,38?,39?,40?/m1/s1. The molecule has 6 N–H and O–H groups in total. The maximum absolute atomic E-state index is 12.8. The van der Waals surface area contributed by atoms with Gasteiger partial charge >= 0.3 is 19.8 Å². The van der Waals surface area contributed by atoms with Crippen LogP contribution >= 0.6 is 7.82 Å². The Hall–Kier alpha value is -1.41. The van der Waals surface area contributed by atoms with Gasteiger partial charge in [-0.2, -0.15) is 0 Å². The molecule has 0 bridgehead atoms. The summed E-state index contributed by atoms with van der Waals surface area (Å²) in [4.78, 5) is 35.5. The summed E-state index contributed by atoms with van der Waals surface area (Å²) in [6.45, 7) is 3.25. The minimum Gasteiger partial charge on any atom is -0.462 e. The van der Waals surface area contributed by atoms with E-state index in [1.165, 1.54) is 70.6 Å². The lowest BCUT2D eigenvalue weighted by molar-refractivity contribution is -0.220. The number of hydrogen-bond donors (Lipinski definition) is 6. The van der Waals surface area contributed by atoms with Gasteiger partial charge in [0.2, 0.25) is 0 Å². The Morgan fingerprint density at radius 2 is 0.944 bits per heavy atom. The van der Waals surface area contributed by atoms with Gasteiger partial charge in [-0.3, -0.25) is 18.6 Å². The van der Waals surface area contributed by atoms with Crippen molar-refractivity contribution in [2.24, 2.45) is 0 Å². The molecule has 0 spiro atoms. The number of esters is 2. The summed E-state index contributed by atoms with van der Waals surface area (Å²) in [5, 5.41) is 50.0. The fourth-order valence-electron chi connectivity index (χ4n) is 6.40. The second kappa shape index (κ2) is 31.6. The molecule has 1 aliphatic rings. The van der Waals surface area contributed by atoms with Gasteiger partial charge in [-0.1, -0.05) is 135 Å². The average molecular weight is 795 g/mol. The van der Waals surface area contributed by atoms with Gasteiger partial charge in [0, 0.05) is 12.8 Å². The minimum atomic E-state index is -5.11. The Morgan fingerprint density at radius 3 is 1.41 bits per heavy atom. The van der Waals surface area contributed by atoms with E-state index in [1.807, 2.05) is 0 Å². The van der Waals surface area contributed by atoms with Crippen LogP contribution in [0.25, 0.3) is 0 Å². The number of ether oxygens (including phenoxy) is 2. The Kier molecular flexibility index (Phi) is 29.7. The molecule has 0 aromatic rings. The molecule has 0 radical (unpaired) electrons. The van der Waals surface area contributed by atoms with Crippen LogP contribution in [0.2, 0.25) is 0 Å². The Bertz CT molecular complexity index is 1010. The van der Waals surface area contributed by atoms with E-state index in [4.69, 9.17) is 18.5 Å². The summed E-state index contributed by atoms with van der Waals surface area (Å²) in [6, 6.07) is 0. The van der Waals surface area contributed by atoms with E-state index in [9.17, 15) is 44.6 Å². The van der Waals surface area contributed by atoms with Gasteiger partial charge in [-0.25, -0.2) is 4.57 Å². The lowest BCUT2D eigenvalue weighted by atomic mass is 9.85. The van der Waals surface area contributed by atoms with Crippen LogP contribution in [-0.4, -0.2) is 98.3 Å². The number of rotatable bonds is 34. The first-order chi connectivity index (χ1) is 25.9. The number of unbranched alkanes of at least 4 members (excludes halogenated alkanes) is 20. The predicted molar refractivity (Wildman–Crippen MR) is 207 cm³/mol. The third kappa shape index (κ3) is 24.3. The van der Waals surface area contributed by atoms with Crippen molar-refractivity contribution in [3.8, 4) is 0 Å². The molecule has 13 nitrogen and oxygen atoms in total. The fraction of sp³-hybridized carbons (Fsp3) is 0.900. The van der Waals surface area contributed by atoms with Crippen LogP contribution in [0.15, 0.2) is 12.2 Å². The molecule has 0 aromatic heterocycles. The van der Waals surface area contributed by atoms with Gasteiger partial charge in [-0.05, 0) is 38.5 Å². The summed E-state index contributed by atoms with van der Waals surface area (Å²) in [5.41, 5.74) is 0. The molecule has 1 rings (SSSR count). The van der Waals surface area contributed by atoms with E-state index in [0.717, 1.165) is 64.2 Å². The zero-order chi connectivity index (χ0) is 40.0. The first-order valence-electron chi connectivity index (χ1n) is 21.0. The Morgan fingerprint density at radius 1 is 0.556 bits per heavy atom. The number of aliphatic hydroxyl groups is 5. The number of phosphoric ester groups is 1. The molecule has 0 aromatic carbocycles. The third-order valence-electron chi connectivity index (χ3n) is 9.86. The molecular weight excluding hydrogens is 719 g/mol. The number of carbonyl (C=O) groups is 2. The fourth-order valence-corrected chi connectivity index (χ4v) is 7.37. The molecule has 54 heavy (non-hydrogen) atoms. The number of aliphatic hydroxyl groups excluding tert-OH is 5. The lowest BCUT2D eigenvalue weighted by Gasteiger charge is -2.41. The van der Waals surface area contributed by atoms with E-state index in [1.54, 1.807) is 0 Å². The van der Waals surface area contributed by atoms with E-state index in [-0.39, 0.29) is 12.8 Å². The Labute approximate surface area is 324 Å². The zero-order valence-corrected chi connectivity index (χ0v) is 34.2. The van der Waals surface area contributed by atoms with Crippen molar-refractivity contribution in [3.05, 3.63) is 12.2 Å². The highest BCUT2D eigenvalue weighted by atomic mass is 31.2. The number of allylic oxidation sites excluding steroid dienone is 2. The van der Waals surface area contributed by atoms with Gasteiger partial charge in [0.25, 0.3) is 0 Å². The molecule has 0 amide bonds. The number of hydrogen-bond acceptors (Lipinski definition) is 12. The second-order valence-corrected chi connectivity index (χ2v) is 16.3. The summed E-state index contributed by atoms with van der Waals surface area (Å²) in [7, 11) is -5.11. The van der Waals surface area contributed by atoms with E-state index in [2.05, 4.69) is 26.0 Å². The summed E-state index contributed by atoms with van der Waals surface area (Å²) < 4.78 is 33.4. The first-order valence-corrected chi connectivity index (χ1v) is 22.5. The van der Waals surface area contributed by atoms with Crippen LogP contribution in [0.4, 0.5) is 0 Å². The maximum Gasteiger partial charge on any atom is 0.472 e. The second-order valence-electron chi connectivity index (χ2n) is 14.8. The van der Waals surface area contributed by atoms with E-state index >= 15 is 0 Å². The Balaban J connectivity index is 2.51. The van der Waals surface area contributed by atoms with Crippen molar-refractivity contribution in [2.75, 3.05) is 13.2 Å². The van der Waals surface area contributed by atoms with Gasteiger partial charge in [0.05, 0.1) is 6.61 Å². The van der Waals surface area contributed by atoms with Crippen molar-refractivity contribution in [1.29, 1.82) is 0 Å². The summed E-state index contributed by atoms with van der Waals surface area (Å²) in [5.74, 6) is -1.11. The van der Waals surface area contributed by atoms with Crippen LogP contribution in [-0.2, 0) is 32.7 Å². The lowest BCUT2D eigenvalue weighted by Crippen LogP contribution is -2.64. The highest BCUT2D eigenvalue weighted by Gasteiger charge is 2.51. The van der Waals surface area contributed by atoms with Crippen molar-refractivity contribution < 1.29 is 63.1 Å². The monoisotopic (exact) mass is 794 g/mol. The maximum atomic E-state index is 12.8. The smallest absolute Gasteiger partial charge is 0.462 e. The molecule has 318 valence electrons. The molecule has 0 aliphatic heterocycles. The van der Waals surface area contributed by atoms with Gasteiger partial charge in [0.1, 0.15) is 43.2 Å². The molecule has 8 atom stereocenters. The normalized spacial score (nSPS) is 23.3. The topological polar surface area (TPSA) is 210 Å². The van der Waals surface area contributed by atoms with Crippen molar-refractivity contribution in [2.45, 2.75) is 217 Å².